The molecule has 0 saturated carbocycles. The summed E-state index contributed by atoms with van der Waals surface area (Å²) in [5, 5.41) is 0. The summed E-state index contributed by atoms with van der Waals surface area (Å²) in [4.78, 5) is 3.41. The van der Waals surface area contributed by atoms with Gasteiger partial charge in [0.25, 0.3) is 0 Å². The molecule has 0 aliphatic heterocycles. The van der Waals surface area contributed by atoms with E-state index in [1.807, 2.05) is 0 Å². The summed E-state index contributed by atoms with van der Waals surface area (Å²) in [7, 11) is 0. The molecule has 0 atom stereocenters. The second kappa shape index (κ2) is 4.29. The average molecular weight is 214 g/mol. The van der Waals surface area contributed by atoms with Gasteiger partial charge in [0.1, 0.15) is 5.82 Å². The summed E-state index contributed by atoms with van der Waals surface area (Å²) >= 11 is 0. The number of nitrogens with zero attached hydrogens (tertiary/aromatic N) is 1. The van der Waals surface area contributed by atoms with Crippen molar-refractivity contribution < 1.29 is 13.2 Å². The Labute approximate surface area is 78.5 Å². The molecule has 0 aliphatic carbocycles. The molecule has 3 nitrogen and oxygen atoms in total. The number of rotatable bonds is 1. The SMILES string of the molecule is Cl.NNc1ccc(C(F)(F)F)cn1. The van der Waals surface area contributed by atoms with Crippen molar-refractivity contribution >= 4 is 18.2 Å². The molecule has 1 aromatic heterocycles. The molecule has 0 aromatic carbocycles. The summed E-state index contributed by atoms with van der Waals surface area (Å²) in [5.41, 5.74) is 1.34. The van der Waals surface area contributed by atoms with Gasteiger partial charge in [-0.3, -0.25) is 0 Å². The van der Waals surface area contributed by atoms with Gasteiger partial charge in [-0.15, -0.1) is 12.4 Å². The van der Waals surface area contributed by atoms with Crippen LogP contribution in [-0.4, -0.2) is 4.98 Å². The van der Waals surface area contributed by atoms with Crippen molar-refractivity contribution in [1.29, 1.82) is 0 Å². The summed E-state index contributed by atoms with van der Waals surface area (Å²) in [6.45, 7) is 0. The Hall–Kier alpha value is -1.01. The van der Waals surface area contributed by atoms with E-state index in [1.165, 1.54) is 0 Å². The zero-order chi connectivity index (χ0) is 9.19. The van der Waals surface area contributed by atoms with Crippen LogP contribution in [0.4, 0.5) is 19.0 Å². The van der Waals surface area contributed by atoms with Crippen LogP contribution in [0.15, 0.2) is 18.3 Å². The van der Waals surface area contributed by atoms with Crippen molar-refractivity contribution in [2.24, 2.45) is 5.84 Å². The van der Waals surface area contributed by atoms with Crippen LogP contribution in [0, 0.1) is 0 Å². The van der Waals surface area contributed by atoms with Crippen LogP contribution in [0.2, 0.25) is 0 Å². The third kappa shape index (κ3) is 3.08. The molecule has 0 unspecified atom stereocenters. The highest BCUT2D eigenvalue weighted by atomic mass is 35.5. The minimum atomic E-state index is -4.35. The van der Waals surface area contributed by atoms with E-state index < -0.39 is 11.7 Å². The number of hydrogen-bond acceptors (Lipinski definition) is 3. The Morgan fingerprint density at radius 3 is 2.23 bits per heavy atom. The Balaban J connectivity index is 0.00000144. The first-order valence-electron chi connectivity index (χ1n) is 3.04. The van der Waals surface area contributed by atoms with Crippen molar-refractivity contribution in [1.82, 2.24) is 4.98 Å². The maximum absolute atomic E-state index is 11.9. The maximum atomic E-state index is 11.9. The topological polar surface area (TPSA) is 50.9 Å². The van der Waals surface area contributed by atoms with Crippen molar-refractivity contribution in [3.63, 3.8) is 0 Å². The Kier molecular flexibility index (Phi) is 3.96. The predicted octanol–water partition coefficient (Wildman–Crippen LogP) is 1.81. The van der Waals surface area contributed by atoms with Gasteiger partial charge < -0.3 is 5.43 Å². The lowest BCUT2D eigenvalue weighted by Gasteiger charge is -2.05. The van der Waals surface area contributed by atoms with Gasteiger partial charge in [-0.05, 0) is 12.1 Å². The van der Waals surface area contributed by atoms with E-state index in [0.717, 1.165) is 18.3 Å². The molecule has 1 rings (SSSR count). The molecule has 0 spiro atoms. The van der Waals surface area contributed by atoms with Gasteiger partial charge in [0.05, 0.1) is 5.56 Å². The predicted molar refractivity (Wildman–Crippen MR) is 44.3 cm³/mol. The van der Waals surface area contributed by atoms with Gasteiger partial charge >= 0.3 is 6.18 Å². The number of nitrogen functional groups attached to an aromatic ring is 1. The first-order valence-corrected chi connectivity index (χ1v) is 3.04. The van der Waals surface area contributed by atoms with Crippen molar-refractivity contribution in [2.75, 3.05) is 5.43 Å². The lowest BCUT2D eigenvalue weighted by atomic mass is 10.3. The highest BCUT2D eigenvalue weighted by molar-refractivity contribution is 5.85. The lowest BCUT2D eigenvalue weighted by Crippen LogP contribution is -2.10. The Bertz CT molecular complexity index is 259. The molecule has 0 aliphatic rings. The highest BCUT2D eigenvalue weighted by Crippen LogP contribution is 2.28. The third-order valence-electron chi connectivity index (χ3n) is 1.24. The van der Waals surface area contributed by atoms with Crippen LogP contribution >= 0.6 is 12.4 Å². The number of aromatic nitrogens is 1. The average Bonchev–Trinajstić information content (AvgIpc) is 2.03. The van der Waals surface area contributed by atoms with Crippen molar-refractivity contribution in [3.05, 3.63) is 23.9 Å². The van der Waals surface area contributed by atoms with Crippen molar-refractivity contribution in [2.45, 2.75) is 6.18 Å². The lowest BCUT2D eigenvalue weighted by molar-refractivity contribution is -0.137. The number of nitrogens with one attached hydrogen (secondary N) is 1. The molecule has 1 heterocycles. The molecule has 0 amide bonds. The van der Waals surface area contributed by atoms with Crippen LogP contribution in [-0.2, 0) is 6.18 Å². The fraction of sp³-hybridized carbons (Fsp3) is 0.167. The molecule has 1 aromatic rings. The Morgan fingerprint density at radius 1 is 1.31 bits per heavy atom. The number of hydrogen-bond donors (Lipinski definition) is 2. The van der Waals surface area contributed by atoms with E-state index in [1.54, 1.807) is 0 Å². The molecular weight excluding hydrogens is 207 g/mol. The van der Waals surface area contributed by atoms with E-state index in [2.05, 4.69) is 10.4 Å². The van der Waals surface area contributed by atoms with Gasteiger partial charge in [0.2, 0.25) is 0 Å². The molecule has 7 heteroatoms. The number of nitrogens with two attached hydrogens (primary N) is 1. The van der Waals surface area contributed by atoms with Crippen molar-refractivity contribution in [3.8, 4) is 0 Å². The smallest absolute Gasteiger partial charge is 0.308 e. The molecule has 3 N–H and O–H groups in total. The summed E-state index contributed by atoms with van der Waals surface area (Å²) < 4.78 is 35.8. The third-order valence-corrected chi connectivity index (χ3v) is 1.24. The molecule has 0 bridgehead atoms. The fourth-order valence-electron chi connectivity index (χ4n) is 0.647. The largest absolute Gasteiger partial charge is 0.417 e. The number of pyridine rings is 1. The first kappa shape index (κ1) is 12.0. The minimum absolute atomic E-state index is 0. The molecule has 74 valence electrons. The zero-order valence-electron chi connectivity index (χ0n) is 6.30. The molecule has 0 fully saturated rings. The van der Waals surface area contributed by atoms with E-state index >= 15 is 0 Å². The minimum Gasteiger partial charge on any atom is -0.308 e. The van der Waals surface area contributed by atoms with Gasteiger partial charge in [-0.1, -0.05) is 0 Å². The Morgan fingerprint density at radius 2 is 1.92 bits per heavy atom. The monoisotopic (exact) mass is 213 g/mol. The summed E-state index contributed by atoms with van der Waals surface area (Å²) in [5.74, 6) is 5.11. The van der Waals surface area contributed by atoms with E-state index in [0.29, 0.717) is 0 Å². The van der Waals surface area contributed by atoms with Crippen LogP contribution in [0.1, 0.15) is 5.56 Å². The standard InChI is InChI=1S/C6H6F3N3.ClH/c7-6(8,9)4-1-2-5(12-10)11-3-4;/h1-3H,10H2,(H,11,12);1H. The van der Waals surface area contributed by atoms with Gasteiger partial charge in [0.15, 0.2) is 0 Å². The van der Waals surface area contributed by atoms with Crippen LogP contribution in [0.25, 0.3) is 0 Å². The van der Waals surface area contributed by atoms with Crippen LogP contribution in [0.5, 0.6) is 0 Å². The molecule has 0 saturated heterocycles. The number of anilines is 1. The number of hydrazine groups is 1. The number of alkyl halides is 3. The molecule has 13 heavy (non-hydrogen) atoms. The second-order valence-electron chi connectivity index (χ2n) is 2.07. The quantitative estimate of drug-likeness (QED) is 0.553. The summed E-state index contributed by atoms with van der Waals surface area (Å²) in [6.07, 6.45) is -3.63. The molecular formula is C6H7ClF3N3. The van der Waals surface area contributed by atoms with Gasteiger partial charge in [-0.2, -0.15) is 13.2 Å². The highest BCUT2D eigenvalue weighted by Gasteiger charge is 2.30. The first-order chi connectivity index (χ1) is 5.54. The van der Waals surface area contributed by atoms with Gasteiger partial charge in [0, 0.05) is 6.20 Å². The second-order valence-corrected chi connectivity index (χ2v) is 2.07. The van der Waals surface area contributed by atoms with Crippen LogP contribution < -0.4 is 11.3 Å². The molecule has 0 radical (unpaired) electrons. The van der Waals surface area contributed by atoms with Crippen LogP contribution in [0.3, 0.4) is 0 Å². The fourth-order valence-corrected chi connectivity index (χ4v) is 0.647. The zero-order valence-corrected chi connectivity index (χ0v) is 7.12. The van der Waals surface area contributed by atoms with E-state index in [-0.39, 0.29) is 18.2 Å². The van der Waals surface area contributed by atoms with E-state index in [4.69, 9.17) is 5.84 Å². The maximum Gasteiger partial charge on any atom is 0.417 e. The van der Waals surface area contributed by atoms with E-state index in [9.17, 15) is 13.2 Å². The normalized spacial score (nSPS) is 10.5. The summed E-state index contributed by atoms with van der Waals surface area (Å²) in [6, 6.07) is 2.06. The van der Waals surface area contributed by atoms with Gasteiger partial charge in [-0.25, -0.2) is 10.8 Å². The number of halogens is 4.